The summed E-state index contributed by atoms with van der Waals surface area (Å²) < 4.78 is 0. The second-order valence-corrected chi connectivity index (χ2v) is 9.18. The number of hydrogen-bond donors (Lipinski definition) is 3. The van der Waals surface area contributed by atoms with Crippen LogP contribution < -0.4 is 16.2 Å². The van der Waals surface area contributed by atoms with E-state index >= 15 is 0 Å². The number of amides is 5. The Kier molecular flexibility index (Phi) is 5.58. The fourth-order valence-electron chi connectivity index (χ4n) is 4.44. The summed E-state index contributed by atoms with van der Waals surface area (Å²) in [5.74, 6) is -1.02. The molecule has 3 aliphatic rings. The Morgan fingerprint density at radius 1 is 1.07 bits per heavy atom. The van der Waals surface area contributed by atoms with Crippen LogP contribution in [0.5, 0.6) is 0 Å². The SMILES string of the molecule is O=C(CCN1C(=O)NC2(CCCC2)C1=O)NNC(=O)c1cc2c(s1)CCCCC2. The molecule has 1 spiro atoms. The highest BCUT2D eigenvalue weighted by molar-refractivity contribution is 7.14. The van der Waals surface area contributed by atoms with Gasteiger partial charge in [0.25, 0.3) is 11.8 Å². The Morgan fingerprint density at radius 2 is 1.83 bits per heavy atom. The number of urea groups is 1. The molecule has 156 valence electrons. The van der Waals surface area contributed by atoms with Crippen LogP contribution in [0.25, 0.3) is 0 Å². The van der Waals surface area contributed by atoms with Gasteiger partial charge in [0.05, 0.1) is 4.88 Å². The smallest absolute Gasteiger partial charge is 0.323 e. The summed E-state index contributed by atoms with van der Waals surface area (Å²) in [6.07, 6.45) is 8.60. The van der Waals surface area contributed by atoms with Crippen molar-refractivity contribution >= 4 is 35.1 Å². The van der Waals surface area contributed by atoms with Crippen molar-refractivity contribution in [2.45, 2.75) is 69.7 Å². The summed E-state index contributed by atoms with van der Waals surface area (Å²) in [6.45, 7) is 0.00141. The Balaban J connectivity index is 1.26. The van der Waals surface area contributed by atoms with Crippen LogP contribution in [0.1, 0.15) is 71.5 Å². The van der Waals surface area contributed by atoms with Gasteiger partial charge in [0.15, 0.2) is 0 Å². The number of nitrogens with zero attached hydrogens (tertiary/aromatic N) is 1. The number of hydrogen-bond acceptors (Lipinski definition) is 5. The predicted molar refractivity (Wildman–Crippen MR) is 107 cm³/mol. The van der Waals surface area contributed by atoms with Gasteiger partial charge in [0.1, 0.15) is 5.54 Å². The first-order valence-electron chi connectivity index (χ1n) is 10.3. The van der Waals surface area contributed by atoms with Crippen molar-refractivity contribution in [3.05, 3.63) is 21.4 Å². The van der Waals surface area contributed by atoms with Gasteiger partial charge in [-0.25, -0.2) is 4.79 Å². The first-order valence-corrected chi connectivity index (χ1v) is 11.1. The number of imide groups is 1. The van der Waals surface area contributed by atoms with Crippen molar-refractivity contribution in [1.29, 1.82) is 0 Å². The van der Waals surface area contributed by atoms with E-state index in [1.54, 1.807) is 0 Å². The molecular weight excluding hydrogens is 392 g/mol. The molecule has 0 bridgehead atoms. The maximum absolute atomic E-state index is 12.6. The zero-order valence-electron chi connectivity index (χ0n) is 16.3. The Morgan fingerprint density at radius 3 is 2.62 bits per heavy atom. The van der Waals surface area contributed by atoms with E-state index in [0.29, 0.717) is 17.7 Å². The van der Waals surface area contributed by atoms with Crippen LogP contribution in [0, 0.1) is 0 Å². The van der Waals surface area contributed by atoms with E-state index in [0.717, 1.165) is 43.4 Å². The minimum absolute atomic E-state index is 0.00141. The van der Waals surface area contributed by atoms with E-state index in [9.17, 15) is 19.2 Å². The lowest BCUT2D eigenvalue weighted by Crippen LogP contribution is -2.45. The third-order valence-corrected chi connectivity index (χ3v) is 7.29. The second-order valence-electron chi connectivity index (χ2n) is 8.05. The number of rotatable bonds is 4. The normalized spacial score (nSPS) is 20.3. The highest BCUT2D eigenvalue weighted by Crippen LogP contribution is 2.35. The standard InChI is InChI=1S/C20H26N4O4S/c25-16(8-11-24-18(27)20(21-19(24)28)9-4-5-10-20)22-23-17(26)15-12-13-6-2-1-3-7-14(13)29-15/h12H,1-11H2,(H,21,28)(H,22,25)(H,23,26). The van der Waals surface area contributed by atoms with E-state index in [4.69, 9.17) is 0 Å². The topological polar surface area (TPSA) is 108 Å². The summed E-state index contributed by atoms with van der Waals surface area (Å²) in [6, 6.07) is 1.48. The molecule has 29 heavy (non-hydrogen) atoms. The molecule has 5 amide bonds. The van der Waals surface area contributed by atoms with Gasteiger partial charge in [-0.1, -0.05) is 19.3 Å². The predicted octanol–water partition coefficient (Wildman–Crippen LogP) is 2.03. The molecule has 9 heteroatoms. The molecular formula is C20H26N4O4S. The van der Waals surface area contributed by atoms with Crippen molar-refractivity contribution in [3.63, 3.8) is 0 Å². The quantitative estimate of drug-likeness (QED) is 0.395. The van der Waals surface area contributed by atoms with E-state index in [1.807, 2.05) is 6.07 Å². The van der Waals surface area contributed by atoms with Crippen LogP contribution in [0.4, 0.5) is 4.79 Å². The average molecular weight is 419 g/mol. The number of nitrogens with one attached hydrogen (secondary N) is 3. The highest BCUT2D eigenvalue weighted by Gasteiger charge is 2.52. The Hall–Kier alpha value is -2.42. The largest absolute Gasteiger partial charge is 0.325 e. The number of aryl methyl sites for hydroxylation is 2. The minimum atomic E-state index is -0.765. The van der Waals surface area contributed by atoms with Crippen molar-refractivity contribution in [1.82, 2.24) is 21.1 Å². The van der Waals surface area contributed by atoms with Crippen molar-refractivity contribution < 1.29 is 19.2 Å². The third kappa shape index (κ3) is 4.01. The molecule has 2 aliphatic carbocycles. The van der Waals surface area contributed by atoms with E-state index in [2.05, 4.69) is 16.2 Å². The third-order valence-electron chi connectivity index (χ3n) is 6.05. The lowest BCUT2D eigenvalue weighted by Gasteiger charge is -2.19. The van der Waals surface area contributed by atoms with E-state index < -0.39 is 17.5 Å². The lowest BCUT2D eigenvalue weighted by atomic mass is 9.98. The maximum Gasteiger partial charge on any atom is 0.325 e. The van der Waals surface area contributed by atoms with Crippen molar-refractivity contribution in [3.8, 4) is 0 Å². The molecule has 3 N–H and O–H groups in total. The second kappa shape index (κ2) is 8.14. The molecule has 1 aromatic heterocycles. The Labute approximate surface area is 173 Å². The molecule has 1 saturated carbocycles. The minimum Gasteiger partial charge on any atom is -0.323 e. The molecule has 0 atom stereocenters. The van der Waals surface area contributed by atoms with Gasteiger partial charge < -0.3 is 5.32 Å². The van der Waals surface area contributed by atoms with E-state index in [-0.39, 0.29) is 24.8 Å². The molecule has 0 unspecified atom stereocenters. The number of carbonyl (C=O) groups excluding carboxylic acids is 4. The number of fused-ring (bicyclic) bond motifs is 1. The lowest BCUT2D eigenvalue weighted by molar-refractivity contribution is -0.131. The molecule has 1 saturated heterocycles. The number of carbonyl (C=O) groups is 4. The van der Waals surface area contributed by atoms with Crippen LogP contribution in [0.2, 0.25) is 0 Å². The van der Waals surface area contributed by atoms with Crippen LogP contribution >= 0.6 is 11.3 Å². The van der Waals surface area contributed by atoms with Gasteiger partial charge in [0.2, 0.25) is 5.91 Å². The fraction of sp³-hybridized carbons (Fsp3) is 0.600. The van der Waals surface area contributed by atoms with Crippen molar-refractivity contribution in [2.24, 2.45) is 0 Å². The molecule has 0 aromatic carbocycles. The number of thiophene rings is 1. The fourth-order valence-corrected chi connectivity index (χ4v) is 5.59. The molecule has 0 radical (unpaired) electrons. The molecule has 8 nitrogen and oxygen atoms in total. The summed E-state index contributed by atoms with van der Waals surface area (Å²) >= 11 is 1.48. The first-order chi connectivity index (χ1) is 14.0. The van der Waals surface area contributed by atoms with E-state index in [1.165, 1.54) is 28.2 Å². The van der Waals surface area contributed by atoms with Crippen molar-refractivity contribution in [2.75, 3.05) is 6.54 Å². The van der Waals surface area contributed by atoms with Gasteiger partial charge in [0, 0.05) is 17.8 Å². The van der Waals surface area contributed by atoms with Gasteiger partial charge in [-0.3, -0.25) is 30.1 Å². The number of hydrazine groups is 1. The summed E-state index contributed by atoms with van der Waals surface area (Å²) in [5, 5.41) is 2.79. The van der Waals surface area contributed by atoms with Gasteiger partial charge in [-0.15, -0.1) is 11.3 Å². The Bertz CT molecular complexity index is 820. The van der Waals surface area contributed by atoms with Crippen LogP contribution in [-0.4, -0.2) is 40.7 Å². The molecule has 1 aromatic rings. The average Bonchev–Trinajstić information content (AvgIpc) is 3.35. The molecule has 1 aliphatic heterocycles. The summed E-state index contributed by atoms with van der Waals surface area (Å²) in [4.78, 5) is 52.1. The first kappa shape index (κ1) is 19.9. The van der Waals surface area contributed by atoms with Crippen LogP contribution in [0.15, 0.2) is 6.07 Å². The molecule has 4 rings (SSSR count). The summed E-state index contributed by atoms with van der Waals surface area (Å²) in [7, 11) is 0. The monoisotopic (exact) mass is 418 g/mol. The molecule has 2 fully saturated rings. The molecule has 2 heterocycles. The van der Waals surface area contributed by atoms with Gasteiger partial charge in [-0.2, -0.15) is 0 Å². The zero-order chi connectivity index (χ0) is 20.4. The van der Waals surface area contributed by atoms with Gasteiger partial charge >= 0.3 is 6.03 Å². The summed E-state index contributed by atoms with van der Waals surface area (Å²) in [5.41, 5.74) is 5.30. The maximum atomic E-state index is 12.6. The highest BCUT2D eigenvalue weighted by atomic mass is 32.1. The van der Waals surface area contributed by atoms with Gasteiger partial charge in [-0.05, 0) is 50.2 Å². The van der Waals surface area contributed by atoms with Crippen LogP contribution in [-0.2, 0) is 22.4 Å². The zero-order valence-corrected chi connectivity index (χ0v) is 17.2. The van der Waals surface area contributed by atoms with Crippen LogP contribution in [0.3, 0.4) is 0 Å².